The quantitative estimate of drug-likeness (QED) is 0.592. The Bertz CT molecular complexity index is 189. The molecule has 1 aliphatic rings. The number of rotatable bonds is 3. The lowest BCUT2D eigenvalue weighted by atomic mass is 9.67. The molecule has 1 saturated carbocycles. The van der Waals surface area contributed by atoms with Crippen molar-refractivity contribution in [1.29, 1.82) is 0 Å². The first-order chi connectivity index (χ1) is 7.30. The average Bonchev–Trinajstić information content (AvgIpc) is 2.15. The van der Waals surface area contributed by atoms with Crippen molar-refractivity contribution in [3.8, 4) is 0 Å². The first-order valence-electron chi connectivity index (χ1n) is 7.30. The smallest absolute Gasteiger partial charge is 0.0354 e. The van der Waals surface area contributed by atoms with E-state index in [0.717, 1.165) is 23.7 Å². The molecule has 0 amide bonds. The molecular formula is C16H32. The maximum Gasteiger partial charge on any atom is -0.0354 e. The van der Waals surface area contributed by atoms with E-state index in [1.54, 1.807) is 0 Å². The minimum absolute atomic E-state index is 0.534. The van der Waals surface area contributed by atoms with Gasteiger partial charge in [-0.1, -0.05) is 41.5 Å². The predicted octanol–water partition coefficient (Wildman–Crippen LogP) is 5.52. The second-order valence-corrected chi connectivity index (χ2v) is 7.58. The van der Waals surface area contributed by atoms with Gasteiger partial charge in [0.25, 0.3) is 0 Å². The monoisotopic (exact) mass is 224 g/mol. The fourth-order valence-corrected chi connectivity index (χ4v) is 3.49. The molecule has 0 N–H and O–H groups in total. The van der Waals surface area contributed by atoms with E-state index in [1.807, 2.05) is 0 Å². The van der Waals surface area contributed by atoms with Gasteiger partial charge >= 0.3 is 0 Å². The van der Waals surface area contributed by atoms with Gasteiger partial charge in [0.1, 0.15) is 0 Å². The SMILES string of the molecule is CC(C)CC(C)C1CCC(C(C)(C)C)CC1. The molecule has 0 spiro atoms. The van der Waals surface area contributed by atoms with Crippen molar-refractivity contribution in [2.24, 2.45) is 29.1 Å². The van der Waals surface area contributed by atoms with Gasteiger partial charge in [-0.2, -0.15) is 0 Å². The van der Waals surface area contributed by atoms with Crippen LogP contribution in [-0.4, -0.2) is 0 Å². The average molecular weight is 224 g/mol. The van der Waals surface area contributed by atoms with Crippen LogP contribution in [0.1, 0.15) is 73.6 Å². The summed E-state index contributed by atoms with van der Waals surface area (Å²) in [7, 11) is 0. The van der Waals surface area contributed by atoms with E-state index in [1.165, 1.54) is 32.1 Å². The molecule has 0 aromatic heterocycles. The van der Waals surface area contributed by atoms with Crippen molar-refractivity contribution >= 4 is 0 Å². The minimum Gasteiger partial charge on any atom is -0.0628 e. The largest absolute Gasteiger partial charge is 0.0628 e. The summed E-state index contributed by atoms with van der Waals surface area (Å²) < 4.78 is 0. The second-order valence-electron chi connectivity index (χ2n) is 7.58. The third-order valence-electron chi connectivity index (χ3n) is 4.64. The van der Waals surface area contributed by atoms with Gasteiger partial charge in [0, 0.05) is 0 Å². The molecule has 1 atom stereocenters. The molecule has 0 radical (unpaired) electrons. The molecule has 0 heteroatoms. The molecular weight excluding hydrogens is 192 g/mol. The number of hydrogen-bond donors (Lipinski definition) is 0. The molecule has 0 saturated heterocycles. The zero-order valence-electron chi connectivity index (χ0n) is 12.3. The lowest BCUT2D eigenvalue weighted by Gasteiger charge is -2.39. The summed E-state index contributed by atoms with van der Waals surface area (Å²) in [6.07, 6.45) is 7.32. The van der Waals surface area contributed by atoms with E-state index in [9.17, 15) is 0 Å². The minimum atomic E-state index is 0.534. The van der Waals surface area contributed by atoms with Gasteiger partial charge in [-0.25, -0.2) is 0 Å². The summed E-state index contributed by atoms with van der Waals surface area (Å²) in [6, 6.07) is 0. The fraction of sp³-hybridized carbons (Fsp3) is 1.00. The molecule has 0 aliphatic heterocycles. The summed E-state index contributed by atoms with van der Waals surface area (Å²) in [5, 5.41) is 0. The second kappa shape index (κ2) is 5.56. The summed E-state index contributed by atoms with van der Waals surface area (Å²) >= 11 is 0. The Morgan fingerprint density at radius 1 is 0.938 bits per heavy atom. The van der Waals surface area contributed by atoms with Crippen molar-refractivity contribution in [2.45, 2.75) is 73.6 Å². The molecule has 0 nitrogen and oxygen atoms in total. The van der Waals surface area contributed by atoms with Crippen LogP contribution in [0.2, 0.25) is 0 Å². The highest BCUT2D eigenvalue weighted by molar-refractivity contribution is 4.82. The molecule has 1 unspecified atom stereocenters. The van der Waals surface area contributed by atoms with Crippen LogP contribution in [0.4, 0.5) is 0 Å². The third-order valence-corrected chi connectivity index (χ3v) is 4.64. The first-order valence-corrected chi connectivity index (χ1v) is 7.30. The van der Waals surface area contributed by atoms with Crippen molar-refractivity contribution < 1.29 is 0 Å². The molecule has 0 aromatic carbocycles. The van der Waals surface area contributed by atoms with Crippen LogP contribution in [0.25, 0.3) is 0 Å². The molecule has 1 aliphatic carbocycles. The Balaban J connectivity index is 2.37. The van der Waals surface area contributed by atoms with Gasteiger partial charge in [0.05, 0.1) is 0 Å². The molecule has 1 fully saturated rings. The summed E-state index contributed by atoms with van der Waals surface area (Å²) in [6.45, 7) is 14.4. The highest BCUT2D eigenvalue weighted by atomic mass is 14.4. The zero-order chi connectivity index (χ0) is 12.3. The molecule has 0 aromatic rings. The normalized spacial score (nSPS) is 29.4. The maximum absolute atomic E-state index is 2.47. The van der Waals surface area contributed by atoms with Gasteiger partial charge < -0.3 is 0 Å². The van der Waals surface area contributed by atoms with E-state index in [2.05, 4.69) is 41.5 Å². The highest BCUT2D eigenvalue weighted by Crippen LogP contribution is 2.42. The molecule has 16 heavy (non-hydrogen) atoms. The maximum atomic E-state index is 2.47. The predicted molar refractivity (Wildman–Crippen MR) is 73.5 cm³/mol. The molecule has 0 heterocycles. The van der Waals surface area contributed by atoms with Crippen LogP contribution in [-0.2, 0) is 0 Å². The summed E-state index contributed by atoms with van der Waals surface area (Å²) in [4.78, 5) is 0. The van der Waals surface area contributed by atoms with E-state index in [0.29, 0.717) is 5.41 Å². The van der Waals surface area contributed by atoms with Crippen LogP contribution in [0.3, 0.4) is 0 Å². The summed E-state index contributed by atoms with van der Waals surface area (Å²) in [5.41, 5.74) is 0.534. The third kappa shape index (κ3) is 4.11. The van der Waals surface area contributed by atoms with Crippen molar-refractivity contribution in [3.63, 3.8) is 0 Å². The Hall–Kier alpha value is 0. The Labute approximate surface area is 103 Å². The van der Waals surface area contributed by atoms with E-state index < -0.39 is 0 Å². The Morgan fingerprint density at radius 3 is 1.81 bits per heavy atom. The van der Waals surface area contributed by atoms with Crippen LogP contribution in [0, 0.1) is 29.1 Å². The van der Waals surface area contributed by atoms with Crippen LogP contribution in [0.15, 0.2) is 0 Å². The van der Waals surface area contributed by atoms with Gasteiger partial charge in [-0.05, 0) is 61.2 Å². The van der Waals surface area contributed by atoms with E-state index in [4.69, 9.17) is 0 Å². The van der Waals surface area contributed by atoms with E-state index >= 15 is 0 Å². The van der Waals surface area contributed by atoms with E-state index in [-0.39, 0.29) is 0 Å². The van der Waals surface area contributed by atoms with Gasteiger partial charge in [0.2, 0.25) is 0 Å². The van der Waals surface area contributed by atoms with Crippen molar-refractivity contribution in [1.82, 2.24) is 0 Å². The van der Waals surface area contributed by atoms with Gasteiger partial charge in [-0.15, -0.1) is 0 Å². The van der Waals surface area contributed by atoms with Crippen LogP contribution >= 0.6 is 0 Å². The molecule has 0 bridgehead atoms. The standard InChI is InChI=1S/C16H32/c1-12(2)11-13(3)14-7-9-15(10-8-14)16(4,5)6/h12-15H,7-11H2,1-6H3. The lowest BCUT2D eigenvalue weighted by molar-refractivity contribution is 0.121. The Kier molecular flexibility index (Phi) is 4.88. The fourth-order valence-electron chi connectivity index (χ4n) is 3.49. The lowest BCUT2D eigenvalue weighted by Crippen LogP contribution is -2.28. The van der Waals surface area contributed by atoms with Gasteiger partial charge in [-0.3, -0.25) is 0 Å². The van der Waals surface area contributed by atoms with Crippen LogP contribution < -0.4 is 0 Å². The van der Waals surface area contributed by atoms with Crippen molar-refractivity contribution in [3.05, 3.63) is 0 Å². The topological polar surface area (TPSA) is 0 Å². The first kappa shape index (κ1) is 14.1. The van der Waals surface area contributed by atoms with Crippen LogP contribution in [0.5, 0.6) is 0 Å². The number of hydrogen-bond acceptors (Lipinski definition) is 0. The zero-order valence-corrected chi connectivity index (χ0v) is 12.3. The van der Waals surface area contributed by atoms with Crippen molar-refractivity contribution in [2.75, 3.05) is 0 Å². The molecule has 1 rings (SSSR count). The van der Waals surface area contributed by atoms with Gasteiger partial charge in [0.15, 0.2) is 0 Å². The highest BCUT2D eigenvalue weighted by Gasteiger charge is 2.31. The summed E-state index contributed by atoms with van der Waals surface area (Å²) in [5.74, 6) is 3.80. The Morgan fingerprint density at radius 2 is 1.44 bits per heavy atom. The molecule has 96 valence electrons.